The summed E-state index contributed by atoms with van der Waals surface area (Å²) >= 11 is 1.47. The number of aromatic nitrogens is 1. The van der Waals surface area contributed by atoms with Crippen LogP contribution in [0.2, 0.25) is 0 Å². The number of benzene rings is 1. The third kappa shape index (κ3) is 1.95. The first-order valence-corrected chi connectivity index (χ1v) is 7.07. The van der Waals surface area contributed by atoms with Crippen LogP contribution in [0, 0.1) is 0 Å². The van der Waals surface area contributed by atoms with Gasteiger partial charge in [-0.05, 0) is 12.5 Å². The van der Waals surface area contributed by atoms with Crippen LogP contribution in [-0.2, 0) is 4.79 Å². The second-order valence-electron chi connectivity index (χ2n) is 4.64. The molecule has 1 aliphatic heterocycles. The van der Waals surface area contributed by atoms with Gasteiger partial charge in [0.1, 0.15) is 6.04 Å². The monoisotopic (exact) mass is 274 g/mol. The minimum Gasteiger partial charge on any atom is -0.381 e. The molecule has 2 aromatic rings. The summed E-state index contributed by atoms with van der Waals surface area (Å²) in [6.45, 7) is 1.97. The first kappa shape index (κ1) is 12.3. The Morgan fingerprint density at radius 1 is 1.37 bits per heavy atom. The average Bonchev–Trinajstić information content (AvgIpc) is 2.97. The normalized spacial score (nSPS) is 24.1. The van der Waals surface area contributed by atoms with Gasteiger partial charge in [0.15, 0.2) is 6.10 Å². The van der Waals surface area contributed by atoms with E-state index in [0.29, 0.717) is 0 Å². The van der Waals surface area contributed by atoms with Crippen LogP contribution < -0.4 is 0 Å². The average molecular weight is 274 g/mol. The molecule has 98 valence electrons. The van der Waals surface area contributed by atoms with Crippen LogP contribution in [0.5, 0.6) is 0 Å². The first-order chi connectivity index (χ1) is 9.20. The van der Waals surface area contributed by atoms with Crippen LogP contribution in [0.25, 0.3) is 0 Å². The molecule has 1 amide bonds. The van der Waals surface area contributed by atoms with Crippen molar-refractivity contribution >= 4 is 17.2 Å². The number of rotatable bonds is 3. The zero-order chi connectivity index (χ0) is 13.4. The van der Waals surface area contributed by atoms with Crippen LogP contribution >= 0.6 is 11.3 Å². The summed E-state index contributed by atoms with van der Waals surface area (Å²) in [6, 6.07) is 9.43. The minimum atomic E-state index is -0.965. The Labute approximate surface area is 115 Å². The molecule has 1 fully saturated rings. The minimum absolute atomic E-state index is 0.0659. The van der Waals surface area contributed by atoms with Crippen molar-refractivity contribution in [3.8, 4) is 0 Å². The lowest BCUT2D eigenvalue weighted by molar-refractivity contribution is -0.172. The van der Waals surface area contributed by atoms with E-state index < -0.39 is 6.10 Å². The number of carbonyl (C=O) groups excluding carboxylic acids is 1. The summed E-state index contributed by atoms with van der Waals surface area (Å²) < 4.78 is 0. The Hall–Kier alpha value is -1.72. The highest BCUT2D eigenvalue weighted by Gasteiger charge is 2.50. The van der Waals surface area contributed by atoms with Crippen molar-refractivity contribution in [1.82, 2.24) is 9.88 Å². The summed E-state index contributed by atoms with van der Waals surface area (Å²) in [6.07, 6.45) is -0.965. The zero-order valence-electron chi connectivity index (χ0n) is 10.4. The number of carbonyl (C=O) groups is 1. The Morgan fingerprint density at radius 2 is 2.11 bits per heavy atom. The summed E-state index contributed by atoms with van der Waals surface area (Å²) in [4.78, 5) is 17.9. The molecule has 5 heteroatoms. The molecule has 3 rings (SSSR count). The Morgan fingerprint density at radius 3 is 2.74 bits per heavy atom. The lowest BCUT2D eigenvalue weighted by Gasteiger charge is -2.47. The highest BCUT2D eigenvalue weighted by Crippen LogP contribution is 2.41. The number of hydrogen-bond acceptors (Lipinski definition) is 4. The number of thiazole rings is 1. The van der Waals surface area contributed by atoms with E-state index in [9.17, 15) is 9.90 Å². The van der Waals surface area contributed by atoms with E-state index in [1.54, 1.807) is 10.4 Å². The van der Waals surface area contributed by atoms with E-state index in [0.717, 1.165) is 11.3 Å². The smallest absolute Gasteiger partial charge is 0.255 e. The Balaban J connectivity index is 1.89. The molecule has 4 nitrogen and oxygen atoms in total. The predicted octanol–water partition coefficient (Wildman–Crippen LogP) is 2.15. The largest absolute Gasteiger partial charge is 0.381 e. The molecule has 1 aliphatic rings. The molecule has 0 bridgehead atoms. The summed E-state index contributed by atoms with van der Waals surface area (Å²) in [7, 11) is 0. The molecule has 1 saturated heterocycles. The molecule has 0 unspecified atom stereocenters. The van der Waals surface area contributed by atoms with Crippen molar-refractivity contribution in [2.75, 3.05) is 0 Å². The lowest BCUT2D eigenvalue weighted by atomic mass is 9.91. The maximum Gasteiger partial charge on any atom is 0.255 e. The molecule has 1 aromatic heterocycles. The second-order valence-corrected chi connectivity index (χ2v) is 5.35. The van der Waals surface area contributed by atoms with Gasteiger partial charge >= 0.3 is 0 Å². The maximum atomic E-state index is 11.9. The van der Waals surface area contributed by atoms with Gasteiger partial charge in [0.2, 0.25) is 0 Å². The quantitative estimate of drug-likeness (QED) is 0.873. The molecule has 0 spiro atoms. The molecular formula is C14H14N2O2S. The fourth-order valence-corrected chi connectivity index (χ4v) is 3.07. The van der Waals surface area contributed by atoms with E-state index in [1.165, 1.54) is 11.3 Å². The molecule has 0 saturated carbocycles. The molecule has 19 heavy (non-hydrogen) atoms. The third-order valence-corrected chi connectivity index (χ3v) is 4.16. The number of aliphatic hydroxyl groups is 1. The van der Waals surface area contributed by atoms with Crippen LogP contribution in [0.3, 0.4) is 0 Å². The SMILES string of the molecule is C[C@@H](c1ccccc1)N1C(=O)[C@H](O)[C@@H]1c1cscn1. The summed E-state index contributed by atoms with van der Waals surface area (Å²) in [5.41, 5.74) is 3.54. The molecular weight excluding hydrogens is 260 g/mol. The van der Waals surface area contributed by atoms with Crippen molar-refractivity contribution in [1.29, 1.82) is 0 Å². The van der Waals surface area contributed by atoms with Gasteiger partial charge in [0, 0.05) is 5.38 Å². The number of likely N-dealkylation sites (tertiary alicyclic amines) is 1. The topological polar surface area (TPSA) is 53.4 Å². The number of hydrogen-bond donors (Lipinski definition) is 1. The second kappa shape index (κ2) is 4.75. The van der Waals surface area contributed by atoms with Crippen LogP contribution in [0.1, 0.15) is 30.3 Å². The standard InChI is InChI=1S/C14H14N2O2S/c1-9(10-5-3-2-4-6-10)16-12(13(17)14(16)18)11-7-19-8-15-11/h2-9,12-13,17H,1H3/t9-,12-,13+/m0/s1. The highest BCUT2D eigenvalue weighted by atomic mass is 32.1. The Bertz CT molecular complexity index is 570. The van der Waals surface area contributed by atoms with E-state index >= 15 is 0 Å². The van der Waals surface area contributed by atoms with E-state index in [-0.39, 0.29) is 18.0 Å². The van der Waals surface area contributed by atoms with Gasteiger partial charge in [-0.1, -0.05) is 30.3 Å². The fraction of sp³-hybridized carbons (Fsp3) is 0.286. The Kier molecular flexibility index (Phi) is 3.08. The molecule has 0 radical (unpaired) electrons. The van der Waals surface area contributed by atoms with Crippen LogP contribution in [-0.4, -0.2) is 27.0 Å². The number of nitrogens with zero attached hydrogens (tertiary/aromatic N) is 2. The van der Waals surface area contributed by atoms with Crippen LogP contribution in [0.15, 0.2) is 41.2 Å². The molecule has 0 aliphatic carbocycles. The van der Waals surface area contributed by atoms with Gasteiger partial charge in [-0.2, -0.15) is 0 Å². The van der Waals surface area contributed by atoms with Gasteiger partial charge < -0.3 is 10.0 Å². The number of β-lactam (4-membered cyclic amide) rings is 1. The maximum absolute atomic E-state index is 11.9. The van der Waals surface area contributed by atoms with Gasteiger partial charge in [-0.15, -0.1) is 11.3 Å². The predicted molar refractivity (Wildman–Crippen MR) is 72.6 cm³/mol. The lowest BCUT2D eigenvalue weighted by Crippen LogP contribution is -2.59. The van der Waals surface area contributed by atoms with Crippen molar-refractivity contribution in [3.05, 3.63) is 52.5 Å². The number of amides is 1. The van der Waals surface area contributed by atoms with Gasteiger partial charge in [0.25, 0.3) is 5.91 Å². The number of aliphatic hydroxyl groups excluding tert-OH is 1. The zero-order valence-corrected chi connectivity index (χ0v) is 11.2. The van der Waals surface area contributed by atoms with Crippen molar-refractivity contribution < 1.29 is 9.90 Å². The van der Waals surface area contributed by atoms with E-state index in [1.807, 2.05) is 42.6 Å². The third-order valence-electron chi connectivity index (χ3n) is 3.56. The fourth-order valence-electron chi connectivity index (χ4n) is 2.49. The molecule has 1 aromatic carbocycles. The molecule has 2 heterocycles. The van der Waals surface area contributed by atoms with Gasteiger partial charge in [0.05, 0.1) is 17.2 Å². The van der Waals surface area contributed by atoms with Gasteiger partial charge in [-0.25, -0.2) is 4.98 Å². The van der Waals surface area contributed by atoms with Crippen LogP contribution in [0.4, 0.5) is 0 Å². The first-order valence-electron chi connectivity index (χ1n) is 6.13. The summed E-state index contributed by atoms with van der Waals surface area (Å²) in [5, 5.41) is 11.8. The molecule has 3 atom stereocenters. The molecule has 1 N–H and O–H groups in total. The van der Waals surface area contributed by atoms with E-state index in [4.69, 9.17) is 0 Å². The van der Waals surface area contributed by atoms with E-state index in [2.05, 4.69) is 4.98 Å². The van der Waals surface area contributed by atoms with Crippen molar-refractivity contribution in [2.24, 2.45) is 0 Å². The summed E-state index contributed by atoms with van der Waals surface area (Å²) in [5.74, 6) is -0.227. The van der Waals surface area contributed by atoms with Crippen molar-refractivity contribution in [2.45, 2.75) is 25.1 Å². The highest BCUT2D eigenvalue weighted by molar-refractivity contribution is 7.07. The van der Waals surface area contributed by atoms with Gasteiger partial charge in [-0.3, -0.25) is 4.79 Å². The van der Waals surface area contributed by atoms with Crippen molar-refractivity contribution in [3.63, 3.8) is 0 Å².